The third-order valence-corrected chi connectivity index (χ3v) is 15.5. The molecule has 0 N–H and O–H groups in total. The van der Waals surface area contributed by atoms with Gasteiger partial charge in [0, 0.05) is 0 Å². The number of rotatable bonds is 5. The van der Waals surface area contributed by atoms with Gasteiger partial charge >= 0.3 is 185 Å². The van der Waals surface area contributed by atoms with Crippen molar-refractivity contribution in [1.29, 1.82) is 0 Å². The molecule has 0 aliphatic carbocycles. The first kappa shape index (κ1) is 21.8. The van der Waals surface area contributed by atoms with Crippen molar-refractivity contribution >= 4 is 44.8 Å². The van der Waals surface area contributed by atoms with Gasteiger partial charge in [0.2, 0.25) is 0 Å². The second-order valence-electron chi connectivity index (χ2n) is 8.29. The summed E-state index contributed by atoms with van der Waals surface area (Å²) in [6.07, 6.45) is 5.19. The van der Waals surface area contributed by atoms with E-state index in [9.17, 15) is 0 Å². The van der Waals surface area contributed by atoms with E-state index in [1.165, 1.54) is 15.9 Å². The quantitative estimate of drug-likeness (QED) is 0.230. The summed E-state index contributed by atoms with van der Waals surface area (Å²) >= 11 is 4.45. The Morgan fingerprint density at radius 3 is 1.45 bits per heavy atom. The molecule has 0 aliphatic heterocycles. The van der Waals surface area contributed by atoms with E-state index in [1.54, 1.807) is 0 Å². The molecular formula is C26H28BrPSi. The Hall–Kier alpha value is -1.91. The van der Waals surface area contributed by atoms with E-state index in [4.69, 9.17) is 0 Å². The number of benzene rings is 3. The average molecular weight is 479 g/mol. The van der Waals surface area contributed by atoms with Crippen molar-refractivity contribution in [2.45, 2.75) is 19.6 Å². The van der Waals surface area contributed by atoms with Gasteiger partial charge in [-0.3, -0.25) is 0 Å². The van der Waals surface area contributed by atoms with Crippen LogP contribution in [0.15, 0.2) is 103 Å². The summed E-state index contributed by atoms with van der Waals surface area (Å²) in [6, 6.07) is 32.6. The van der Waals surface area contributed by atoms with Crippen LogP contribution in [0.1, 0.15) is 0 Å². The minimum atomic E-state index is -2.86. The molecule has 0 unspecified atom stereocenters. The maximum absolute atomic E-state index is 4.45. The summed E-state index contributed by atoms with van der Waals surface area (Å²) in [6.45, 7) is 6.82. The summed E-state index contributed by atoms with van der Waals surface area (Å²) < 4.78 is 0. The molecule has 3 heteroatoms. The van der Waals surface area contributed by atoms with E-state index in [1.807, 2.05) is 0 Å². The van der Waals surface area contributed by atoms with Crippen LogP contribution in [0, 0.1) is 11.5 Å². The third kappa shape index (κ3) is 4.64. The van der Waals surface area contributed by atoms with Gasteiger partial charge in [0.05, 0.1) is 0 Å². The Labute approximate surface area is 184 Å². The summed E-state index contributed by atoms with van der Waals surface area (Å²) in [5.41, 5.74) is 3.44. The molecule has 0 saturated heterocycles. The average Bonchev–Trinajstić information content (AvgIpc) is 2.74. The zero-order chi connectivity index (χ0) is 20.8. The monoisotopic (exact) mass is 478 g/mol. The molecule has 0 aromatic heterocycles. The van der Waals surface area contributed by atoms with Crippen molar-refractivity contribution in [2.24, 2.45) is 0 Å². The number of allylic oxidation sites excluding steroid dienone is 2. The molecule has 0 atom stereocenters. The summed E-state index contributed by atoms with van der Waals surface area (Å²) in [4.78, 5) is 0. The first-order valence-electron chi connectivity index (χ1n) is 9.92. The van der Waals surface area contributed by atoms with E-state index >= 15 is 0 Å². The third-order valence-electron chi connectivity index (χ3n) is 4.98. The Kier molecular flexibility index (Phi) is 6.64. The van der Waals surface area contributed by atoms with Crippen molar-refractivity contribution in [2.75, 3.05) is 6.16 Å². The SMILES string of the molecule is C[Si](C)(C)C#CC=CCP(Br)(c1ccccc1)(c1ccccc1)c1ccccc1. The molecule has 0 saturated carbocycles. The van der Waals surface area contributed by atoms with E-state index < -0.39 is 13.4 Å². The fraction of sp³-hybridized carbons (Fsp3) is 0.154. The van der Waals surface area contributed by atoms with Crippen molar-refractivity contribution in [3.8, 4) is 11.5 Å². The molecule has 0 heterocycles. The summed E-state index contributed by atoms with van der Waals surface area (Å²) in [7, 11) is -1.38. The molecule has 148 valence electrons. The van der Waals surface area contributed by atoms with Gasteiger partial charge in [0.15, 0.2) is 0 Å². The van der Waals surface area contributed by atoms with Crippen LogP contribution in [-0.2, 0) is 0 Å². The molecule has 0 nitrogen and oxygen atoms in total. The fourth-order valence-corrected chi connectivity index (χ4v) is 11.1. The fourth-order valence-electron chi connectivity index (χ4n) is 3.55. The molecule has 3 rings (SSSR count). The van der Waals surface area contributed by atoms with Crippen LogP contribution >= 0.6 is 20.8 Å². The second-order valence-corrected chi connectivity index (χ2v) is 22.0. The van der Waals surface area contributed by atoms with Gasteiger partial charge < -0.3 is 0 Å². The van der Waals surface area contributed by atoms with Gasteiger partial charge in [-0.2, -0.15) is 0 Å². The van der Waals surface area contributed by atoms with Gasteiger partial charge in [-0.25, -0.2) is 0 Å². The molecule has 0 radical (unpaired) electrons. The van der Waals surface area contributed by atoms with Crippen LogP contribution in [0.4, 0.5) is 0 Å². The first-order chi connectivity index (χ1) is 13.8. The molecule has 0 bridgehead atoms. The van der Waals surface area contributed by atoms with Gasteiger partial charge in [0.25, 0.3) is 0 Å². The molecule has 0 fully saturated rings. The zero-order valence-corrected chi connectivity index (χ0v) is 20.8. The van der Waals surface area contributed by atoms with Crippen molar-refractivity contribution in [3.05, 3.63) is 103 Å². The maximum atomic E-state index is 4.45. The summed E-state index contributed by atoms with van der Waals surface area (Å²) in [5.74, 6) is 3.30. The van der Waals surface area contributed by atoms with Gasteiger partial charge in [-0.15, -0.1) is 0 Å². The molecule has 0 aliphatic rings. The second kappa shape index (κ2) is 8.84. The Morgan fingerprint density at radius 2 is 1.10 bits per heavy atom. The molecular weight excluding hydrogens is 451 g/mol. The Morgan fingerprint density at radius 1 is 0.724 bits per heavy atom. The Bertz CT molecular complexity index is 927. The normalized spacial score (nSPS) is 13.3. The number of hydrogen-bond donors (Lipinski definition) is 0. The first-order valence-corrected chi connectivity index (χ1v) is 17.9. The molecule has 29 heavy (non-hydrogen) atoms. The molecule has 0 amide bonds. The van der Waals surface area contributed by atoms with Gasteiger partial charge in [0.1, 0.15) is 0 Å². The van der Waals surface area contributed by atoms with Crippen LogP contribution in [0.5, 0.6) is 0 Å². The number of hydrogen-bond acceptors (Lipinski definition) is 0. The predicted octanol–water partition coefficient (Wildman–Crippen LogP) is 6.26. The molecule has 3 aromatic rings. The summed E-state index contributed by atoms with van der Waals surface area (Å²) in [5, 5.41) is 1.13. The van der Waals surface area contributed by atoms with Crippen molar-refractivity contribution in [1.82, 2.24) is 0 Å². The van der Waals surface area contributed by atoms with Crippen LogP contribution in [0.3, 0.4) is 0 Å². The van der Waals surface area contributed by atoms with Crippen LogP contribution in [-0.4, -0.2) is 14.2 Å². The van der Waals surface area contributed by atoms with Crippen LogP contribution < -0.4 is 15.9 Å². The van der Waals surface area contributed by atoms with E-state index in [0.29, 0.717) is 0 Å². The Balaban J connectivity index is 2.24. The van der Waals surface area contributed by atoms with Gasteiger partial charge in [-0.1, -0.05) is 0 Å². The van der Waals surface area contributed by atoms with Crippen molar-refractivity contribution in [3.63, 3.8) is 0 Å². The zero-order valence-electron chi connectivity index (χ0n) is 17.3. The topological polar surface area (TPSA) is 0 Å². The van der Waals surface area contributed by atoms with E-state index in [-0.39, 0.29) is 0 Å². The van der Waals surface area contributed by atoms with Crippen LogP contribution in [0.2, 0.25) is 19.6 Å². The molecule has 0 spiro atoms. The van der Waals surface area contributed by atoms with Gasteiger partial charge in [-0.05, 0) is 0 Å². The molecule has 3 aromatic carbocycles. The van der Waals surface area contributed by atoms with E-state index in [0.717, 1.165) is 6.16 Å². The minimum absolute atomic E-state index is 0.879. The standard InChI is InChI=1S/C26H28BrPSi/c1-29(2,3)23-15-7-14-22-28(27,24-16-8-4-9-17-24,25-18-10-5-11-19-25)26-20-12-6-13-21-26/h4-14,16-21H,22H2,1-3H3. The van der Waals surface area contributed by atoms with Crippen LogP contribution in [0.25, 0.3) is 0 Å². The predicted molar refractivity (Wildman–Crippen MR) is 139 cm³/mol. The number of halogens is 1. The van der Waals surface area contributed by atoms with E-state index in [2.05, 4.69) is 150 Å². The van der Waals surface area contributed by atoms with Crippen molar-refractivity contribution < 1.29 is 0 Å².